The van der Waals surface area contributed by atoms with E-state index in [0.29, 0.717) is 11.1 Å². The molecule has 1 aromatic carbocycles. The van der Waals surface area contributed by atoms with Gasteiger partial charge in [0.2, 0.25) is 0 Å². The summed E-state index contributed by atoms with van der Waals surface area (Å²) in [6.07, 6.45) is 0.633. The summed E-state index contributed by atoms with van der Waals surface area (Å²) in [5.41, 5.74) is -0.954. The molecule has 178 valence electrons. The Bertz CT molecular complexity index is 1050. The highest BCUT2D eigenvalue weighted by molar-refractivity contribution is 9.10. The van der Waals surface area contributed by atoms with Crippen molar-refractivity contribution in [1.82, 2.24) is 5.32 Å². The fraction of sp³-hybridized carbons (Fsp3) is 0.600. The van der Waals surface area contributed by atoms with Crippen molar-refractivity contribution < 1.29 is 27.1 Å². The highest BCUT2D eigenvalue weighted by Crippen LogP contribution is 2.68. The van der Waals surface area contributed by atoms with Crippen LogP contribution in [0, 0.1) is 11.7 Å². The number of ether oxygens (including phenoxy) is 2. The van der Waals surface area contributed by atoms with Crippen LogP contribution in [-0.4, -0.2) is 51.5 Å². The van der Waals surface area contributed by atoms with E-state index in [1.807, 2.05) is 0 Å². The molecule has 1 heterocycles. The number of alkyl carbamates (subject to hydrolysis) is 1. The van der Waals surface area contributed by atoms with Gasteiger partial charge in [0.15, 0.2) is 9.84 Å². The molecule has 0 aromatic heterocycles. The second-order valence-electron chi connectivity index (χ2n) is 9.52. The molecule has 0 bridgehead atoms. The number of hydrogen-bond acceptors (Lipinski definition) is 7. The van der Waals surface area contributed by atoms with E-state index in [1.54, 1.807) is 19.1 Å². The standard InChI is InChI=1S/C20H28BrFN2O5S2Si/c1-19(14-10-13(21)6-7-15(14)22)16-11-20(16,31(2,26)27)30-18(24-19)29-17(25)23-12-28-8-9-32(3,4)5/h6-7,10,16H,8-9,11-12H2,1-5H3,(H,23,25)/t16-,19+,20+/m0/s1. The maximum Gasteiger partial charge on any atom is 0.416 e. The number of thioether (sulfide) groups is 1. The Morgan fingerprint density at radius 3 is 2.72 bits per heavy atom. The highest BCUT2D eigenvalue weighted by atomic mass is 79.9. The molecular formula is C20H28BrFN2O5S2Si. The first kappa shape index (κ1) is 25.7. The highest BCUT2D eigenvalue weighted by Gasteiger charge is 2.72. The zero-order valence-electron chi connectivity index (χ0n) is 18.7. The minimum atomic E-state index is -3.54. The smallest absolute Gasteiger partial charge is 0.385 e. The van der Waals surface area contributed by atoms with Crippen molar-refractivity contribution in [2.75, 3.05) is 19.6 Å². The van der Waals surface area contributed by atoms with Gasteiger partial charge in [-0.1, -0.05) is 35.6 Å². The Hall–Kier alpha value is -0.953. The maximum atomic E-state index is 14.7. The van der Waals surface area contributed by atoms with Gasteiger partial charge >= 0.3 is 6.09 Å². The van der Waals surface area contributed by atoms with E-state index in [0.717, 1.165) is 24.1 Å². The summed E-state index contributed by atoms with van der Waals surface area (Å²) in [4.78, 5) is 16.8. The van der Waals surface area contributed by atoms with Crippen LogP contribution in [0.1, 0.15) is 18.9 Å². The van der Waals surface area contributed by atoms with Gasteiger partial charge in [-0.05, 0) is 49.3 Å². The van der Waals surface area contributed by atoms with Crippen LogP contribution in [-0.2, 0) is 24.8 Å². The topological polar surface area (TPSA) is 94.1 Å². The van der Waals surface area contributed by atoms with Gasteiger partial charge in [0.25, 0.3) is 5.23 Å². The lowest BCUT2D eigenvalue weighted by molar-refractivity contribution is 0.120. The molecule has 32 heavy (non-hydrogen) atoms. The van der Waals surface area contributed by atoms with Crippen molar-refractivity contribution in [3.63, 3.8) is 0 Å². The number of nitrogens with one attached hydrogen (secondary N) is 1. The molecule has 1 fully saturated rings. The number of benzene rings is 1. The molecule has 2 aliphatic rings. The van der Waals surface area contributed by atoms with E-state index in [-0.39, 0.29) is 23.9 Å². The monoisotopic (exact) mass is 566 g/mol. The quantitative estimate of drug-likeness (QED) is 0.292. The fourth-order valence-electron chi connectivity index (χ4n) is 3.74. The van der Waals surface area contributed by atoms with Gasteiger partial charge < -0.3 is 9.47 Å². The molecule has 1 aliphatic heterocycles. The molecule has 1 N–H and O–H groups in total. The average Bonchev–Trinajstić information content (AvgIpc) is 3.39. The summed E-state index contributed by atoms with van der Waals surface area (Å²) in [6.45, 7) is 8.86. The predicted octanol–water partition coefficient (Wildman–Crippen LogP) is 4.71. The largest absolute Gasteiger partial charge is 0.416 e. The van der Waals surface area contributed by atoms with Crippen LogP contribution in [0.5, 0.6) is 0 Å². The second-order valence-corrected chi connectivity index (χ2v) is 19.9. The van der Waals surface area contributed by atoms with E-state index in [4.69, 9.17) is 9.47 Å². The number of amides is 1. The zero-order valence-corrected chi connectivity index (χ0v) is 22.9. The van der Waals surface area contributed by atoms with Crippen LogP contribution in [0.4, 0.5) is 9.18 Å². The van der Waals surface area contributed by atoms with Crippen LogP contribution in [0.15, 0.2) is 27.7 Å². The number of aliphatic imine (C=N–C) groups is 1. The minimum absolute atomic E-state index is 0.0291. The molecule has 1 amide bonds. The number of carbonyl (C=O) groups excluding carboxylic acids is 1. The lowest BCUT2D eigenvalue weighted by Gasteiger charge is -2.33. The molecule has 1 aromatic rings. The first-order valence-corrected chi connectivity index (χ1v) is 17.4. The molecule has 0 saturated heterocycles. The van der Waals surface area contributed by atoms with Gasteiger partial charge in [-0.2, -0.15) is 0 Å². The summed E-state index contributed by atoms with van der Waals surface area (Å²) < 4.78 is 50.2. The Kier molecular flexibility index (Phi) is 7.23. The molecule has 0 spiro atoms. The molecule has 7 nitrogen and oxygen atoms in total. The zero-order chi connectivity index (χ0) is 23.9. The van der Waals surface area contributed by atoms with Gasteiger partial charge in [-0.25, -0.2) is 22.6 Å². The number of hydrogen-bond donors (Lipinski definition) is 1. The Balaban J connectivity index is 1.78. The molecule has 0 radical (unpaired) electrons. The van der Waals surface area contributed by atoms with Crippen molar-refractivity contribution in [2.45, 2.75) is 48.6 Å². The summed E-state index contributed by atoms with van der Waals surface area (Å²) in [7, 11) is -4.78. The summed E-state index contributed by atoms with van der Waals surface area (Å²) in [6, 6.07) is 5.41. The first-order valence-electron chi connectivity index (χ1n) is 10.2. The van der Waals surface area contributed by atoms with Gasteiger partial charge in [-0.3, -0.25) is 5.32 Å². The number of carbonyl (C=O) groups is 1. The molecule has 1 aliphatic carbocycles. The Labute approximate surface area is 202 Å². The maximum absolute atomic E-state index is 14.7. The summed E-state index contributed by atoms with van der Waals surface area (Å²) in [5.74, 6) is -0.945. The SMILES string of the molecule is C[C@]1(c2cc(Br)ccc2F)N=C(OC(=O)NCOCC[Si](C)(C)C)S[C@@]2(S(C)(=O)=O)C[C@H]21. The van der Waals surface area contributed by atoms with Crippen LogP contribution >= 0.6 is 27.7 Å². The third kappa shape index (κ3) is 5.40. The molecular weight excluding hydrogens is 539 g/mol. The van der Waals surface area contributed by atoms with Crippen molar-refractivity contribution >= 4 is 56.9 Å². The third-order valence-electron chi connectivity index (χ3n) is 5.72. The van der Waals surface area contributed by atoms with E-state index in [2.05, 4.69) is 45.9 Å². The summed E-state index contributed by atoms with van der Waals surface area (Å²) in [5, 5.41) is 2.38. The number of halogens is 2. The van der Waals surface area contributed by atoms with Crippen LogP contribution < -0.4 is 5.32 Å². The Morgan fingerprint density at radius 2 is 2.09 bits per heavy atom. The van der Waals surface area contributed by atoms with Gasteiger partial charge in [0.05, 0.1) is 5.54 Å². The third-order valence-corrected chi connectivity index (χ3v) is 11.9. The molecule has 3 atom stereocenters. The average molecular weight is 568 g/mol. The number of fused-ring (bicyclic) bond motifs is 1. The lowest BCUT2D eigenvalue weighted by atomic mass is 9.87. The Morgan fingerprint density at radius 1 is 1.41 bits per heavy atom. The van der Waals surface area contributed by atoms with Crippen LogP contribution in [0.3, 0.4) is 0 Å². The van der Waals surface area contributed by atoms with Crippen molar-refractivity contribution in [3.8, 4) is 0 Å². The first-order chi connectivity index (χ1) is 14.7. The number of rotatable bonds is 7. The van der Waals surface area contributed by atoms with E-state index in [1.165, 1.54) is 6.07 Å². The number of sulfone groups is 1. The van der Waals surface area contributed by atoms with Crippen molar-refractivity contribution in [2.24, 2.45) is 10.9 Å². The van der Waals surface area contributed by atoms with Gasteiger partial charge in [0, 0.05) is 36.9 Å². The normalized spacial score (nSPS) is 27.3. The van der Waals surface area contributed by atoms with E-state index >= 15 is 0 Å². The predicted molar refractivity (Wildman–Crippen MR) is 131 cm³/mol. The van der Waals surface area contributed by atoms with Crippen LogP contribution in [0.2, 0.25) is 25.7 Å². The van der Waals surface area contributed by atoms with E-state index in [9.17, 15) is 17.6 Å². The fourth-order valence-corrected chi connectivity index (χ4v) is 8.16. The van der Waals surface area contributed by atoms with Crippen LogP contribution in [0.25, 0.3) is 0 Å². The molecule has 3 rings (SSSR count). The molecule has 1 saturated carbocycles. The second kappa shape index (κ2) is 9.01. The minimum Gasteiger partial charge on any atom is -0.385 e. The lowest BCUT2D eigenvalue weighted by Crippen LogP contribution is -2.39. The molecule has 0 unspecified atom stereocenters. The molecule has 12 heteroatoms. The van der Waals surface area contributed by atoms with Crippen molar-refractivity contribution in [1.29, 1.82) is 0 Å². The van der Waals surface area contributed by atoms with Gasteiger partial charge in [0.1, 0.15) is 16.6 Å². The van der Waals surface area contributed by atoms with Gasteiger partial charge in [-0.15, -0.1) is 0 Å². The van der Waals surface area contributed by atoms with E-state index < -0.39 is 45.4 Å². The van der Waals surface area contributed by atoms with Crippen molar-refractivity contribution in [3.05, 3.63) is 34.1 Å². The summed E-state index contributed by atoms with van der Waals surface area (Å²) >= 11 is 4.24. The number of nitrogens with zero attached hydrogens (tertiary/aromatic N) is 1.